The molecule has 0 aromatic carbocycles. The molecule has 1 unspecified atom stereocenters. The molecule has 25 heavy (non-hydrogen) atoms. The first-order valence-corrected chi connectivity index (χ1v) is 8.56. The van der Waals surface area contributed by atoms with Crippen LogP contribution in [0, 0.1) is 0 Å². The lowest BCUT2D eigenvalue weighted by Crippen LogP contribution is -2.39. The Balaban J connectivity index is 1.90. The number of hydrogen-bond donors (Lipinski definition) is 1. The number of halogens is 3. The number of likely N-dealkylation sites (tertiary alicyclic amines) is 1. The quantitative estimate of drug-likeness (QED) is 0.897. The van der Waals surface area contributed by atoms with Gasteiger partial charge in [0, 0.05) is 25.8 Å². The minimum absolute atomic E-state index is 0.0363. The second-order valence-electron chi connectivity index (χ2n) is 6.62. The first kappa shape index (κ1) is 18.0. The lowest BCUT2D eigenvalue weighted by Gasteiger charge is -2.32. The summed E-state index contributed by atoms with van der Waals surface area (Å²) in [5.74, 6) is 0.212. The van der Waals surface area contributed by atoms with Crippen LogP contribution in [0.15, 0.2) is 6.07 Å². The normalized spacial score (nSPS) is 26.4. The van der Waals surface area contributed by atoms with E-state index in [-0.39, 0.29) is 31.0 Å². The summed E-state index contributed by atoms with van der Waals surface area (Å²) >= 11 is 0. The van der Waals surface area contributed by atoms with Crippen LogP contribution in [0.4, 0.5) is 19.0 Å². The summed E-state index contributed by atoms with van der Waals surface area (Å²) in [7, 11) is 1.45. The van der Waals surface area contributed by atoms with Crippen LogP contribution in [0.5, 0.6) is 0 Å². The average molecular weight is 360 g/mol. The van der Waals surface area contributed by atoms with Gasteiger partial charge < -0.3 is 15.0 Å². The number of anilines is 1. The first-order valence-electron chi connectivity index (χ1n) is 8.56. The third kappa shape index (κ3) is 3.47. The van der Waals surface area contributed by atoms with Crippen molar-refractivity contribution in [3.63, 3.8) is 0 Å². The van der Waals surface area contributed by atoms with E-state index >= 15 is 0 Å². The van der Waals surface area contributed by atoms with Gasteiger partial charge >= 0.3 is 6.18 Å². The highest BCUT2D eigenvalue weighted by Gasteiger charge is 2.46. The molecule has 140 valence electrons. The van der Waals surface area contributed by atoms with Gasteiger partial charge in [-0.2, -0.15) is 18.3 Å². The van der Waals surface area contributed by atoms with E-state index in [0.717, 1.165) is 11.1 Å². The third-order valence-corrected chi connectivity index (χ3v) is 4.96. The highest BCUT2D eigenvalue weighted by molar-refractivity contribution is 5.78. The molecule has 0 aliphatic carbocycles. The molecule has 6 nitrogen and oxygen atoms in total. The molecule has 1 aromatic heterocycles. The van der Waals surface area contributed by atoms with Crippen LogP contribution < -0.4 is 5.32 Å². The van der Waals surface area contributed by atoms with E-state index in [1.54, 1.807) is 11.0 Å². The number of nitrogens with one attached hydrogen (secondary N) is 1. The number of amides is 1. The predicted molar refractivity (Wildman–Crippen MR) is 85.2 cm³/mol. The van der Waals surface area contributed by atoms with Gasteiger partial charge in [-0.3, -0.25) is 4.79 Å². The van der Waals surface area contributed by atoms with Gasteiger partial charge in [0.2, 0.25) is 5.91 Å². The highest BCUT2D eigenvalue weighted by atomic mass is 19.4. The Morgan fingerprint density at radius 2 is 2.24 bits per heavy atom. The van der Waals surface area contributed by atoms with E-state index in [9.17, 15) is 18.0 Å². The van der Waals surface area contributed by atoms with Crippen LogP contribution in [0.2, 0.25) is 0 Å². The summed E-state index contributed by atoms with van der Waals surface area (Å²) in [6, 6.07) is -0.508. The Kier molecular flexibility index (Phi) is 4.95. The summed E-state index contributed by atoms with van der Waals surface area (Å²) in [6.45, 7) is 2.40. The zero-order valence-electron chi connectivity index (χ0n) is 14.3. The third-order valence-electron chi connectivity index (χ3n) is 4.96. The van der Waals surface area contributed by atoms with Gasteiger partial charge in [0.05, 0.1) is 11.7 Å². The van der Waals surface area contributed by atoms with Gasteiger partial charge in [-0.25, -0.2) is 4.68 Å². The van der Waals surface area contributed by atoms with Crippen molar-refractivity contribution >= 4 is 11.7 Å². The smallest absolute Gasteiger partial charge is 0.375 e. The number of carbonyl (C=O) groups is 1. The zero-order chi connectivity index (χ0) is 18.2. The van der Waals surface area contributed by atoms with Gasteiger partial charge in [-0.15, -0.1) is 0 Å². The van der Waals surface area contributed by atoms with E-state index in [4.69, 9.17) is 4.74 Å². The van der Waals surface area contributed by atoms with Crippen LogP contribution in [-0.2, 0) is 9.53 Å². The molecule has 9 heteroatoms. The molecule has 0 saturated carbocycles. The van der Waals surface area contributed by atoms with Crippen LogP contribution in [0.25, 0.3) is 0 Å². The summed E-state index contributed by atoms with van der Waals surface area (Å²) < 4.78 is 46.3. The largest absolute Gasteiger partial charge is 0.410 e. The molecule has 1 amide bonds. The monoisotopic (exact) mass is 360 g/mol. The maximum Gasteiger partial charge on any atom is 0.410 e. The van der Waals surface area contributed by atoms with Crippen LogP contribution in [0.3, 0.4) is 0 Å². The average Bonchev–Trinajstić information content (AvgIpc) is 3.19. The van der Waals surface area contributed by atoms with Crippen molar-refractivity contribution in [1.82, 2.24) is 14.7 Å². The van der Waals surface area contributed by atoms with E-state index < -0.39 is 12.2 Å². The lowest BCUT2D eigenvalue weighted by atomic mass is 10.0. The molecule has 3 atom stereocenters. The number of carbonyl (C=O) groups excluding carboxylic acids is 1. The minimum atomic E-state index is -4.35. The molecular formula is C16H23F3N4O2. The van der Waals surface area contributed by atoms with E-state index in [0.29, 0.717) is 30.9 Å². The number of alkyl halides is 3. The van der Waals surface area contributed by atoms with Crippen molar-refractivity contribution in [1.29, 1.82) is 0 Å². The molecule has 2 aliphatic rings. The molecule has 3 heterocycles. The standard InChI is InChI=1S/C16H23F3N4O2/c1-3-10-7-13(16(17,18)19)23-14(20-10)8-11(21-23)12-5-4-6-22(12)15(24)9-25-2/h8,10,12-13,20H,3-7,9H2,1-2H3/t10-,12?,13-/m1/s1. The summed E-state index contributed by atoms with van der Waals surface area (Å²) in [4.78, 5) is 13.8. The number of hydrogen-bond acceptors (Lipinski definition) is 4. The van der Waals surface area contributed by atoms with Gasteiger partial charge in [0.25, 0.3) is 0 Å². The van der Waals surface area contributed by atoms with Gasteiger partial charge in [-0.1, -0.05) is 6.92 Å². The van der Waals surface area contributed by atoms with Gasteiger partial charge in [0.1, 0.15) is 12.4 Å². The Morgan fingerprint density at radius 1 is 1.48 bits per heavy atom. The number of rotatable bonds is 4. The Morgan fingerprint density at radius 3 is 2.88 bits per heavy atom. The maximum atomic E-state index is 13.5. The predicted octanol–water partition coefficient (Wildman–Crippen LogP) is 2.89. The lowest BCUT2D eigenvalue weighted by molar-refractivity contribution is -0.173. The van der Waals surface area contributed by atoms with E-state index in [2.05, 4.69) is 10.4 Å². The van der Waals surface area contributed by atoms with Crippen molar-refractivity contribution in [2.24, 2.45) is 0 Å². The number of aromatic nitrogens is 2. The number of nitrogens with zero attached hydrogens (tertiary/aromatic N) is 3. The Hall–Kier alpha value is -1.77. The number of methoxy groups -OCH3 is 1. The molecule has 3 rings (SSSR count). The second-order valence-corrected chi connectivity index (χ2v) is 6.62. The fourth-order valence-electron chi connectivity index (χ4n) is 3.68. The summed E-state index contributed by atoms with van der Waals surface area (Å²) in [5.41, 5.74) is 0.510. The van der Waals surface area contributed by atoms with Crippen molar-refractivity contribution in [2.45, 2.75) is 56.9 Å². The van der Waals surface area contributed by atoms with Crippen LogP contribution >= 0.6 is 0 Å². The van der Waals surface area contributed by atoms with Crippen LogP contribution in [-0.4, -0.2) is 53.1 Å². The SMILES string of the molecule is CC[C@@H]1C[C@H](C(F)(F)F)n2nc(C3CCCN3C(=O)COC)cc2N1. The molecule has 1 N–H and O–H groups in total. The topological polar surface area (TPSA) is 59.4 Å². The second kappa shape index (κ2) is 6.86. The van der Waals surface area contributed by atoms with Crippen molar-refractivity contribution in [3.05, 3.63) is 11.8 Å². The van der Waals surface area contributed by atoms with E-state index in [1.807, 2.05) is 6.92 Å². The fraction of sp³-hybridized carbons (Fsp3) is 0.750. The molecule has 0 radical (unpaired) electrons. The molecule has 1 fully saturated rings. The molecule has 1 saturated heterocycles. The molecule has 1 aromatic rings. The molecule has 0 spiro atoms. The van der Waals surface area contributed by atoms with E-state index in [1.165, 1.54) is 7.11 Å². The zero-order valence-corrected chi connectivity index (χ0v) is 14.3. The summed E-state index contributed by atoms with van der Waals surface area (Å²) in [6.07, 6.45) is -2.29. The highest BCUT2D eigenvalue weighted by Crippen LogP contribution is 2.42. The van der Waals surface area contributed by atoms with Crippen molar-refractivity contribution in [3.8, 4) is 0 Å². The molecule has 2 aliphatic heterocycles. The van der Waals surface area contributed by atoms with Crippen LogP contribution in [0.1, 0.15) is 50.4 Å². The molecular weight excluding hydrogens is 337 g/mol. The van der Waals surface area contributed by atoms with Gasteiger partial charge in [0.15, 0.2) is 6.04 Å². The van der Waals surface area contributed by atoms with Crippen molar-refractivity contribution < 1.29 is 22.7 Å². The minimum Gasteiger partial charge on any atom is -0.375 e. The van der Waals surface area contributed by atoms with Crippen molar-refractivity contribution in [2.75, 3.05) is 25.6 Å². The Bertz CT molecular complexity index is 631. The Labute approximate surface area is 144 Å². The molecule has 0 bridgehead atoms. The first-order chi connectivity index (χ1) is 11.8. The van der Waals surface area contributed by atoms with Gasteiger partial charge in [-0.05, 0) is 25.7 Å². The maximum absolute atomic E-state index is 13.5. The summed E-state index contributed by atoms with van der Waals surface area (Å²) in [5, 5.41) is 7.38. The number of fused-ring (bicyclic) bond motifs is 1. The number of ether oxygens (including phenoxy) is 1. The fourth-order valence-corrected chi connectivity index (χ4v) is 3.68.